The van der Waals surface area contributed by atoms with Gasteiger partial charge in [-0.2, -0.15) is 0 Å². The topological polar surface area (TPSA) is 126 Å². The van der Waals surface area contributed by atoms with Crippen LogP contribution in [0.15, 0.2) is 36.2 Å². The van der Waals surface area contributed by atoms with Crippen LogP contribution in [0.2, 0.25) is 0 Å². The van der Waals surface area contributed by atoms with Crippen molar-refractivity contribution in [1.29, 1.82) is 0 Å². The molecule has 0 spiro atoms. The van der Waals surface area contributed by atoms with E-state index < -0.39 is 48.0 Å². The van der Waals surface area contributed by atoms with Crippen molar-refractivity contribution in [2.45, 2.75) is 39.1 Å². The Morgan fingerprint density at radius 1 is 0.933 bits per heavy atom. The van der Waals surface area contributed by atoms with E-state index in [-0.39, 0.29) is 23.4 Å². The molecule has 1 aromatic carbocycles. The third-order valence-corrected chi connectivity index (χ3v) is 4.42. The Balaban J connectivity index is 2.01. The fourth-order valence-electron chi connectivity index (χ4n) is 3.24. The van der Waals surface area contributed by atoms with Crippen LogP contribution in [0.25, 0.3) is 0 Å². The number of fused-ring (bicyclic) bond motifs is 1. The minimum atomic E-state index is -1.34. The summed E-state index contributed by atoms with van der Waals surface area (Å²) >= 11 is 0. The lowest BCUT2D eigenvalue weighted by atomic mass is 10.0. The van der Waals surface area contributed by atoms with Gasteiger partial charge in [-0.25, -0.2) is 4.90 Å². The Morgan fingerprint density at radius 2 is 1.50 bits per heavy atom. The molecule has 0 bridgehead atoms. The van der Waals surface area contributed by atoms with Crippen molar-refractivity contribution in [3.05, 3.63) is 47.4 Å². The van der Waals surface area contributed by atoms with Gasteiger partial charge < -0.3 is 18.9 Å². The number of esters is 3. The first kappa shape index (κ1) is 21.0. The molecular weight excluding hydrogens is 398 g/mol. The van der Waals surface area contributed by atoms with Crippen molar-refractivity contribution in [3.8, 4) is 0 Å². The van der Waals surface area contributed by atoms with E-state index in [2.05, 4.69) is 0 Å². The first-order valence-corrected chi connectivity index (χ1v) is 9.01. The maximum atomic E-state index is 12.9. The molecule has 0 radical (unpaired) electrons. The van der Waals surface area contributed by atoms with Crippen LogP contribution in [0.4, 0.5) is 0 Å². The molecule has 0 saturated heterocycles. The van der Waals surface area contributed by atoms with Gasteiger partial charge in [-0.3, -0.25) is 24.0 Å². The summed E-state index contributed by atoms with van der Waals surface area (Å²) in [5.41, 5.74) is 0.244. The quantitative estimate of drug-likeness (QED) is 0.391. The van der Waals surface area contributed by atoms with E-state index in [9.17, 15) is 24.0 Å². The van der Waals surface area contributed by atoms with Gasteiger partial charge in [0.05, 0.1) is 11.1 Å². The highest BCUT2D eigenvalue weighted by Gasteiger charge is 2.49. The van der Waals surface area contributed by atoms with Crippen LogP contribution in [0.5, 0.6) is 0 Å². The highest BCUT2D eigenvalue weighted by atomic mass is 16.6. The molecule has 2 aliphatic rings. The molecule has 2 amide bonds. The number of benzene rings is 1. The fraction of sp³-hybridized carbons (Fsp3) is 0.350. The second-order valence-corrected chi connectivity index (χ2v) is 6.62. The van der Waals surface area contributed by atoms with Gasteiger partial charge in [0, 0.05) is 20.8 Å². The zero-order chi connectivity index (χ0) is 22.0. The molecule has 3 rings (SSSR count). The molecule has 10 heteroatoms. The maximum absolute atomic E-state index is 12.9. The molecule has 0 unspecified atom stereocenters. The number of ether oxygens (including phenoxy) is 4. The highest BCUT2D eigenvalue weighted by molar-refractivity contribution is 6.22. The molecule has 0 aliphatic carbocycles. The largest absolute Gasteiger partial charge is 0.488 e. The van der Waals surface area contributed by atoms with Crippen LogP contribution < -0.4 is 0 Å². The molecule has 1 aromatic rings. The van der Waals surface area contributed by atoms with E-state index in [0.29, 0.717) is 0 Å². The molecule has 10 nitrogen and oxygen atoms in total. The lowest BCUT2D eigenvalue weighted by Gasteiger charge is -2.38. The Labute approximate surface area is 171 Å². The van der Waals surface area contributed by atoms with Crippen LogP contribution in [-0.4, -0.2) is 59.5 Å². The Bertz CT molecular complexity index is 916. The minimum Gasteiger partial charge on any atom is -0.488 e. The smallest absolute Gasteiger partial charge is 0.303 e. The average molecular weight is 417 g/mol. The van der Waals surface area contributed by atoms with Crippen LogP contribution in [-0.2, 0) is 33.3 Å². The summed E-state index contributed by atoms with van der Waals surface area (Å²) in [6.45, 7) is 3.14. The zero-order valence-corrected chi connectivity index (χ0v) is 16.4. The monoisotopic (exact) mass is 417 g/mol. The second kappa shape index (κ2) is 8.36. The lowest BCUT2D eigenvalue weighted by molar-refractivity contribution is -0.182. The SMILES string of the molecule is CC(=O)OC[C@H]1OC=C(N2C(=O)c3ccccc3C2=O)[C@@H](OC(C)=O)[C@@H]1OC(C)=O. The molecule has 158 valence electrons. The van der Waals surface area contributed by atoms with Gasteiger partial charge in [0.15, 0.2) is 18.3 Å². The van der Waals surface area contributed by atoms with Gasteiger partial charge in [0.25, 0.3) is 11.8 Å². The second-order valence-electron chi connectivity index (χ2n) is 6.62. The number of nitrogens with zero attached hydrogens (tertiary/aromatic N) is 1. The number of imide groups is 1. The standard InChI is InChI=1S/C20H19NO9/c1-10(22)27-9-16-18(30-12(3)24)17(29-11(2)23)15(8-28-16)21-19(25)13-6-4-5-7-14(13)20(21)26/h4-8,16-18H,9H2,1-3H3/t16-,17-,18-/m1/s1. The van der Waals surface area contributed by atoms with Gasteiger partial charge in [-0.1, -0.05) is 12.1 Å². The van der Waals surface area contributed by atoms with Crippen molar-refractivity contribution in [1.82, 2.24) is 4.90 Å². The third kappa shape index (κ3) is 4.02. The lowest BCUT2D eigenvalue weighted by Crippen LogP contribution is -2.53. The summed E-state index contributed by atoms with van der Waals surface area (Å²) < 4.78 is 21.0. The molecule has 0 N–H and O–H groups in total. The summed E-state index contributed by atoms with van der Waals surface area (Å²) in [6.07, 6.45) is -2.57. The minimum absolute atomic E-state index is 0.110. The molecule has 2 aliphatic heterocycles. The summed E-state index contributed by atoms with van der Waals surface area (Å²) in [7, 11) is 0. The molecule has 30 heavy (non-hydrogen) atoms. The van der Waals surface area contributed by atoms with E-state index in [1.54, 1.807) is 12.1 Å². The Kier molecular flexibility index (Phi) is 5.86. The summed E-state index contributed by atoms with van der Waals surface area (Å²) in [6, 6.07) is 6.21. The maximum Gasteiger partial charge on any atom is 0.303 e. The van der Waals surface area contributed by atoms with Crippen molar-refractivity contribution < 1.29 is 42.9 Å². The first-order chi connectivity index (χ1) is 14.2. The van der Waals surface area contributed by atoms with E-state index in [1.807, 2.05) is 0 Å². The molecule has 2 heterocycles. The third-order valence-electron chi connectivity index (χ3n) is 4.42. The first-order valence-electron chi connectivity index (χ1n) is 9.01. The number of hydrogen-bond acceptors (Lipinski definition) is 9. The normalized spacial score (nSPS) is 22.6. The van der Waals surface area contributed by atoms with Crippen LogP contribution in [0, 0.1) is 0 Å². The molecular formula is C20H19NO9. The molecule has 0 aromatic heterocycles. The Morgan fingerprint density at radius 3 is 2.00 bits per heavy atom. The molecule has 0 saturated carbocycles. The molecule has 3 atom stereocenters. The Hall–Kier alpha value is -3.69. The number of carbonyl (C=O) groups is 5. The summed E-state index contributed by atoms with van der Waals surface area (Å²) in [5.74, 6) is -3.34. The summed E-state index contributed by atoms with van der Waals surface area (Å²) in [5, 5.41) is 0. The van der Waals surface area contributed by atoms with Gasteiger partial charge in [-0.15, -0.1) is 0 Å². The van der Waals surface area contributed by atoms with Gasteiger partial charge >= 0.3 is 17.9 Å². The van der Waals surface area contributed by atoms with Gasteiger partial charge in [0.2, 0.25) is 0 Å². The van der Waals surface area contributed by atoms with Crippen molar-refractivity contribution >= 4 is 29.7 Å². The van der Waals surface area contributed by atoms with E-state index in [4.69, 9.17) is 18.9 Å². The van der Waals surface area contributed by atoms with Crippen molar-refractivity contribution in [2.75, 3.05) is 6.61 Å². The van der Waals surface area contributed by atoms with Crippen molar-refractivity contribution in [3.63, 3.8) is 0 Å². The van der Waals surface area contributed by atoms with Crippen molar-refractivity contribution in [2.24, 2.45) is 0 Å². The number of rotatable bonds is 5. The fourth-order valence-corrected chi connectivity index (χ4v) is 3.24. The van der Waals surface area contributed by atoms with Gasteiger partial charge in [0.1, 0.15) is 18.6 Å². The van der Waals surface area contributed by atoms with E-state index in [1.165, 1.54) is 19.1 Å². The van der Waals surface area contributed by atoms with E-state index in [0.717, 1.165) is 25.0 Å². The number of carbonyl (C=O) groups excluding carboxylic acids is 5. The highest BCUT2D eigenvalue weighted by Crippen LogP contribution is 2.33. The number of hydrogen-bond donors (Lipinski definition) is 0. The summed E-state index contributed by atoms with van der Waals surface area (Å²) in [4.78, 5) is 61.1. The number of amides is 2. The average Bonchev–Trinajstić information content (AvgIpc) is 2.92. The van der Waals surface area contributed by atoms with E-state index >= 15 is 0 Å². The van der Waals surface area contributed by atoms with Crippen LogP contribution in [0.3, 0.4) is 0 Å². The zero-order valence-electron chi connectivity index (χ0n) is 16.4. The predicted octanol–water partition coefficient (Wildman–Crippen LogP) is 0.949. The van der Waals surface area contributed by atoms with Crippen LogP contribution >= 0.6 is 0 Å². The predicted molar refractivity (Wildman–Crippen MR) is 97.6 cm³/mol. The van der Waals surface area contributed by atoms with Gasteiger partial charge in [-0.05, 0) is 12.1 Å². The van der Waals surface area contributed by atoms with Crippen LogP contribution in [0.1, 0.15) is 41.5 Å². The molecule has 0 fully saturated rings.